The number of carbonyl (C=O) groups is 1. The zero-order chi connectivity index (χ0) is 19.3. The lowest BCUT2D eigenvalue weighted by Crippen LogP contribution is -2.34. The van der Waals surface area contributed by atoms with E-state index in [1.54, 1.807) is 24.3 Å². The molecule has 4 nitrogen and oxygen atoms in total. The third-order valence-electron chi connectivity index (χ3n) is 3.20. The summed E-state index contributed by atoms with van der Waals surface area (Å²) in [5, 5.41) is 4.76. The molecule has 9 heteroatoms. The quantitative estimate of drug-likeness (QED) is 0.715. The van der Waals surface area contributed by atoms with Crippen LogP contribution < -0.4 is 15.4 Å². The average molecular weight is 403 g/mol. The summed E-state index contributed by atoms with van der Waals surface area (Å²) in [6.07, 6.45) is -4.50. The minimum Gasteiger partial charge on any atom is -0.494 e. The summed E-state index contributed by atoms with van der Waals surface area (Å²) in [4.78, 5) is 12.1. The van der Waals surface area contributed by atoms with Crippen LogP contribution in [0.3, 0.4) is 0 Å². The highest BCUT2D eigenvalue weighted by atomic mass is 35.5. The van der Waals surface area contributed by atoms with E-state index in [0.717, 1.165) is 18.2 Å². The molecule has 2 N–H and O–H groups in total. The number of carbonyl (C=O) groups excluding carboxylic acids is 1. The van der Waals surface area contributed by atoms with Gasteiger partial charge in [-0.3, -0.25) is 10.1 Å². The first-order valence-corrected chi connectivity index (χ1v) is 8.21. The van der Waals surface area contributed by atoms with Crippen molar-refractivity contribution in [1.29, 1.82) is 0 Å². The van der Waals surface area contributed by atoms with Crippen molar-refractivity contribution < 1.29 is 22.7 Å². The van der Waals surface area contributed by atoms with Crippen molar-refractivity contribution in [3.8, 4) is 5.75 Å². The third-order valence-corrected chi connectivity index (χ3v) is 3.72. The van der Waals surface area contributed by atoms with E-state index in [-0.39, 0.29) is 15.8 Å². The maximum atomic E-state index is 12.6. The molecular formula is C17H14ClF3N2O2S. The van der Waals surface area contributed by atoms with E-state index in [0.29, 0.717) is 17.9 Å². The molecule has 0 aliphatic heterocycles. The Kier molecular flexibility index (Phi) is 6.44. The van der Waals surface area contributed by atoms with Gasteiger partial charge in [0.1, 0.15) is 5.75 Å². The molecule has 0 saturated heterocycles. The van der Waals surface area contributed by atoms with E-state index in [1.165, 1.54) is 0 Å². The van der Waals surface area contributed by atoms with Gasteiger partial charge in [-0.1, -0.05) is 11.6 Å². The third kappa shape index (κ3) is 5.34. The Morgan fingerprint density at radius 1 is 1.19 bits per heavy atom. The minimum atomic E-state index is -4.50. The number of anilines is 1. The molecule has 1 amide bonds. The molecule has 2 rings (SSSR count). The van der Waals surface area contributed by atoms with Gasteiger partial charge >= 0.3 is 6.18 Å². The molecule has 138 valence electrons. The molecule has 26 heavy (non-hydrogen) atoms. The SMILES string of the molecule is CCOc1ccc(C(=O)NC(=S)Nc2ccc(C(F)(F)F)cc2Cl)cc1. The van der Waals surface area contributed by atoms with E-state index < -0.39 is 17.6 Å². The highest BCUT2D eigenvalue weighted by molar-refractivity contribution is 7.80. The van der Waals surface area contributed by atoms with E-state index in [1.807, 2.05) is 6.92 Å². The van der Waals surface area contributed by atoms with Crippen LogP contribution in [0.15, 0.2) is 42.5 Å². The first-order valence-electron chi connectivity index (χ1n) is 7.42. The molecule has 2 aromatic rings. The van der Waals surface area contributed by atoms with Crippen molar-refractivity contribution in [3.63, 3.8) is 0 Å². The van der Waals surface area contributed by atoms with Crippen LogP contribution in [-0.2, 0) is 6.18 Å². The maximum Gasteiger partial charge on any atom is 0.416 e. The Hall–Kier alpha value is -2.32. The second kappa shape index (κ2) is 8.37. The molecule has 0 atom stereocenters. The number of halogens is 4. The summed E-state index contributed by atoms with van der Waals surface area (Å²) in [6, 6.07) is 9.19. The Labute approximate surface area is 158 Å². The molecule has 0 aliphatic carbocycles. The lowest BCUT2D eigenvalue weighted by atomic mass is 10.2. The van der Waals surface area contributed by atoms with Crippen LogP contribution >= 0.6 is 23.8 Å². The van der Waals surface area contributed by atoms with Crippen molar-refractivity contribution in [2.45, 2.75) is 13.1 Å². The monoisotopic (exact) mass is 402 g/mol. The van der Waals surface area contributed by atoms with Crippen LogP contribution in [-0.4, -0.2) is 17.6 Å². The first kappa shape index (κ1) is 20.0. The van der Waals surface area contributed by atoms with Crippen LogP contribution in [0.1, 0.15) is 22.8 Å². The van der Waals surface area contributed by atoms with Gasteiger partial charge < -0.3 is 10.1 Å². The van der Waals surface area contributed by atoms with Gasteiger partial charge in [-0.05, 0) is 61.6 Å². The molecule has 0 heterocycles. The Morgan fingerprint density at radius 2 is 1.85 bits per heavy atom. The summed E-state index contributed by atoms with van der Waals surface area (Å²) in [6.45, 7) is 2.35. The Morgan fingerprint density at radius 3 is 2.38 bits per heavy atom. The molecule has 0 aromatic heterocycles. The van der Waals surface area contributed by atoms with Crippen LogP contribution in [0, 0.1) is 0 Å². The fraction of sp³-hybridized carbons (Fsp3) is 0.176. The number of nitrogens with one attached hydrogen (secondary N) is 2. The molecule has 0 unspecified atom stereocenters. The topological polar surface area (TPSA) is 50.4 Å². The summed E-state index contributed by atoms with van der Waals surface area (Å²) in [5.41, 5.74) is -0.384. The van der Waals surface area contributed by atoms with Gasteiger partial charge in [0.25, 0.3) is 5.91 Å². The van der Waals surface area contributed by atoms with Crippen molar-refractivity contribution in [1.82, 2.24) is 5.32 Å². The van der Waals surface area contributed by atoms with Crippen LogP contribution in [0.5, 0.6) is 5.75 Å². The Bertz CT molecular complexity index is 811. The second-order valence-electron chi connectivity index (χ2n) is 5.06. The smallest absolute Gasteiger partial charge is 0.416 e. The lowest BCUT2D eigenvalue weighted by molar-refractivity contribution is -0.137. The predicted octanol–water partition coefficient (Wildman–Crippen LogP) is 4.88. The number of amides is 1. The highest BCUT2D eigenvalue weighted by Crippen LogP contribution is 2.33. The fourth-order valence-corrected chi connectivity index (χ4v) is 2.42. The van der Waals surface area contributed by atoms with Gasteiger partial charge in [-0.2, -0.15) is 13.2 Å². The van der Waals surface area contributed by atoms with Gasteiger partial charge in [0, 0.05) is 5.56 Å². The summed E-state index contributed by atoms with van der Waals surface area (Å²) in [7, 11) is 0. The summed E-state index contributed by atoms with van der Waals surface area (Å²) >= 11 is 10.8. The fourth-order valence-electron chi connectivity index (χ4n) is 1.99. The van der Waals surface area contributed by atoms with E-state index in [4.69, 9.17) is 28.6 Å². The van der Waals surface area contributed by atoms with Gasteiger partial charge in [0.05, 0.1) is 22.9 Å². The summed E-state index contributed by atoms with van der Waals surface area (Å²) in [5.74, 6) is 0.148. The molecule has 0 spiro atoms. The van der Waals surface area contributed by atoms with Crippen molar-refractivity contribution in [3.05, 3.63) is 58.6 Å². The highest BCUT2D eigenvalue weighted by Gasteiger charge is 2.30. The predicted molar refractivity (Wildman–Crippen MR) is 97.8 cm³/mol. The van der Waals surface area contributed by atoms with Gasteiger partial charge in [-0.15, -0.1) is 0 Å². The van der Waals surface area contributed by atoms with E-state index in [9.17, 15) is 18.0 Å². The number of rotatable bonds is 4. The molecule has 0 fully saturated rings. The molecule has 0 aliphatic rings. The number of benzene rings is 2. The number of thiocarbonyl (C=S) groups is 1. The standard InChI is InChI=1S/C17H14ClF3N2O2S/c1-2-25-12-6-3-10(4-7-12)15(24)23-16(26)22-14-8-5-11(9-13(14)18)17(19,20)21/h3-9H,2H2,1H3,(H2,22,23,24,26). The zero-order valence-corrected chi connectivity index (χ0v) is 15.1. The van der Waals surface area contributed by atoms with Gasteiger partial charge in [0.2, 0.25) is 0 Å². The normalized spacial score (nSPS) is 11.0. The Balaban J connectivity index is 2.01. The van der Waals surface area contributed by atoms with Crippen molar-refractivity contribution in [2.24, 2.45) is 0 Å². The second-order valence-corrected chi connectivity index (χ2v) is 5.87. The first-order chi connectivity index (χ1) is 12.2. The zero-order valence-electron chi connectivity index (χ0n) is 13.5. The maximum absolute atomic E-state index is 12.6. The van der Waals surface area contributed by atoms with Crippen molar-refractivity contribution in [2.75, 3.05) is 11.9 Å². The minimum absolute atomic E-state index is 0.0921. The molecular weight excluding hydrogens is 389 g/mol. The largest absolute Gasteiger partial charge is 0.494 e. The average Bonchev–Trinajstić information content (AvgIpc) is 2.56. The molecule has 0 bridgehead atoms. The van der Waals surface area contributed by atoms with E-state index >= 15 is 0 Å². The summed E-state index contributed by atoms with van der Waals surface area (Å²) < 4.78 is 43.2. The molecule has 0 radical (unpaired) electrons. The van der Waals surface area contributed by atoms with Crippen LogP contribution in [0.2, 0.25) is 5.02 Å². The number of ether oxygens (including phenoxy) is 1. The van der Waals surface area contributed by atoms with Crippen LogP contribution in [0.25, 0.3) is 0 Å². The molecule has 0 saturated carbocycles. The number of alkyl halides is 3. The molecule has 2 aromatic carbocycles. The van der Waals surface area contributed by atoms with Crippen molar-refractivity contribution >= 4 is 40.5 Å². The number of hydrogen-bond acceptors (Lipinski definition) is 3. The van der Waals surface area contributed by atoms with Gasteiger partial charge in [0.15, 0.2) is 5.11 Å². The van der Waals surface area contributed by atoms with Crippen LogP contribution in [0.4, 0.5) is 18.9 Å². The lowest BCUT2D eigenvalue weighted by Gasteiger charge is -2.13. The van der Waals surface area contributed by atoms with Gasteiger partial charge in [-0.25, -0.2) is 0 Å². The number of hydrogen-bond donors (Lipinski definition) is 2. The van der Waals surface area contributed by atoms with E-state index in [2.05, 4.69) is 10.6 Å².